The lowest BCUT2D eigenvalue weighted by Gasteiger charge is -2.23. The molecule has 0 saturated heterocycles. The third kappa shape index (κ3) is 5.02. The van der Waals surface area contributed by atoms with E-state index in [1.165, 1.54) is 5.56 Å². The lowest BCUT2D eigenvalue weighted by atomic mass is 9.86. The van der Waals surface area contributed by atoms with Gasteiger partial charge in [-0.25, -0.2) is 0 Å². The fraction of sp³-hybridized carbons (Fsp3) is 0.450. The van der Waals surface area contributed by atoms with Crippen LogP contribution in [0.15, 0.2) is 36.4 Å². The molecular formula is C20H28N4O. The van der Waals surface area contributed by atoms with Crippen molar-refractivity contribution in [1.82, 2.24) is 15.1 Å². The van der Waals surface area contributed by atoms with E-state index in [0.29, 0.717) is 11.5 Å². The van der Waals surface area contributed by atoms with Gasteiger partial charge in [-0.3, -0.25) is 4.79 Å². The highest BCUT2D eigenvalue weighted by molar-refractivity contribution is 5.92. The molecule has 0 radical (unpaired) electrons. The Morgan fingerprint density at radius 2 is 1.84 bits per heavy atom. The first-order valence-corrected chi connectivity index (χ1v) is 8.78. The maximum atomic E-state index is 12.3. The van der Waals surface area contributed by atoms with Crippen LogP contribution in [0.4, 0.5) is 11.5 Å². The van der Waals surface area contributed by atoms with Crippen LogP contribution in [0.5, 0.6) is 0 Å². The summed E-state index contributed by atoms with van der Waals surface area (Å²) in [4.78, 5) is 14.0. The highest BCUT2D eigenvalue weighted by atomic mass is 16.2. The Kier molecular flexibility index (Phi) is 6.12. The Bertz CT molecular complexity index is 704. The molecule has 0 bridgehead atoms. The average molecular weight is 340 g/mol. The summed E-state index contributed by atoms with van der Waals surface area (Å²) < 4.78 is 0. The number of benzene rings is 1. The Labute approximate surface area is 150 Å². The first kappa shape index (κ1) is 18.9. The van der Waals surface area contributed by atoms with Crippen LogP contribution in [-0.4, -0.2) is 34.6 Å². The van der Waals surface area contributed by atoms with Crippen LogP contribution in [0, 0.1) is 0 Å². The summed E-state index contributed by atoms with van der Waals surface area (Å²) in [5.74, 6) is 0.534. The van der Waals surface area contributed by atoms with E-state index in [4.69, 9.17) is 0 Å². The topological polar surface area (TPSA) is 58.1 Å². The standard InChI is InChI=1S/C20H28N4O/c1-6-7-14-24(5)19(25)17-12-13-18(23-22-17)21-16-11-9-8-10-15(16)20(2,3)4/h8-13H,6-7,14H2,1-5H3,(H,21,23). The quantitative estimate of drug-likeness (QED) is 0.847. The number of rotatable bonds is 6. The van der Waals surface area contributed by atoms with E-state index in [1.807, 2.05) is 18.2 Å². The molecule has 0 saturated carbocycles. The lowest BCUT2D eigenvalue weighted by molar-refractivity contribution is 0.0786. The van der Waals surface area contributed by atoms with Gasteiger partial charge in [-0.2, -0.15) is 0 Å². The molecule has 0 atom stereocenters. The molecule has 1 amide bonds. The van der Waals surface area contributed by atoms with E-state index in [1.54, 1.807) is 24.1 Å². The summed E-state index contributed by atoms with van der Waals surface area (Å²) in [6.45, 7) is 9.36. The molecule has 5 nitrogen and oxygen atoms in total. The zero-order chi connectivity index (χ0) is 18.4. The highest BCUT2D eigenvalue weighted by Crippen LogP contribution is 2.30. The van der Waals surface area contributed by atoms with Gasteiger partial charge < -0.3 is 10.2 Å². The van der Waals surface area contributed by atoms with Crippen molar-refractivity contribution in [3.63, 3.8) is 0 Å². The van der Waals surface area contributed by atoms with Crippen LogP contribution in [0.1, 0.15) is 56.6 Å². The number of nitrogens with one attached hydrogen (secondary N) is 1. The van der Waals surface area contributed by atoms with Gasteiger partial charge in [0.1, 0.15) is 0 Å². The predicted octanol–water partition coefficient (Wildman–Crippen LogP) is 4.39. The average Bonchev–Trinajstić information content (AvgIpc) is 2.59. The molecule has 25 heavy (non-hydrogen) atoms. The largest absolute Gasteiger partial charge is 0.340 e. The number of hydrogen-bond acceptors (Lipinski definition) is 4. The monoisotopic (exact) mass is 340 g/mol. The van der Waals surface area contributed by atoms with E-state index < -0.39 is 0 Å². The fourth-order valence-electron chi connectivity index (χ4n) is 2.59. The van der Waals surface area contributed by atoms with Crippen LogP contribution >= 0.6 is 0 Å². The summed E-state index contributed by atoms with van der Waals surface area (Å²) in [7, 11) is 1.80. The number of anilines is 2. The van der Waals surface area contributed by atoms with Gasteiger partial charge in [0.15, 0.2) is 11.5 Å². The van der Waals surface area contributed by atoms with E-state index >= 15 is 0 Å². The molecule has 0 spiro atoms. The normalized spacial score (nSPS) is 11.2. The SMILES string of the molecule is CCCCN(C)C(=O)c1ccc(Nc2ccccc2C(C)(C)C)nn1. The van der Waals surface area contributed by atoms with E-state index in [9.17, 15) is 4.79 Å². The Morgan fingerprint density at radius 1 is 1.12 bits per heavy atom. The van der Waals surface area contributed by atoms with Gasteiger partial charge in [0.25, 0.3) is 5.91 Å². The van der Waals surface area contributed by atoms with Gasteiger partial charge >= 0.3 is 0 Å². The minimum Gasteiger partial charge on any atom is -0.340 e. The van der Waals surface area contributed by atoms with Gasteiger partial charge in [-0.1, -0.05) is 52.3 Å². The maximum absolute atomic E-state index is 12.3. The first-order valence-electron chi connectivity index (χ1n) is 8.78. The summed E-state index contributed by atoms with van der Waals surface area (Å²) in [5.41, 5.74) is 2.60. The first-order chi connectivity index (χ1) is 11.8. The number of amides is 1. The van der Waals surface area contributed by atoms with E-state index in [0.717, 1.165) is 25.1 Å². The number of para-hydroxylation sites is 1. The van der Waals surface area contributed by atoms with Gasteiger partial charge in [0.05, 0.1) is 0 Å². The molecule has 0 unspecified atom stereocenters. The molecule has 2 rings (SSSR count). The van der Waals surface area contributed by atoms with Crippen molar-refractivity contribution in [1.29, 1.82) is 0 Å². The molecule has 0 aliphatic heterocycles. The zero-order valence-corrected chi connectivity index (χ0v) is 15.8. The van der Waals surface area contributed by atoms with Crippen LogP contribution in [0.3, 0.4) is 0 Å². The number of nitrogens with zero attached hydrogens (tertiary/aromatic N) is 3. The number of carbonyl (C=O) groups excluding carboxylic acids is 1. The van der Waals surface area contributed by atoms with Crippen molar-refractivity contribution in [2.24, 2.45) is 0 Å². The number of hydrogen-bond donors (Lipinski definition) is 1. The minimum absolute atomic E-state index is 0.0227. The van der Waals surface area contributed by atoms with Crippen LogP contribution in [0.2, 0.25) is 0 Å². The second-order valence-electron chi connectivity index (χ2n) is 7.30. The van der Waals surface area contributed by atoms with Crippen molar-refractivity contribution in [3.8, 4) is 0 Å². The molecule has 0 fully saturated rings. The molecule has 0 aliphatic rings. The molecule has 1 aromatic carbocycles. The lowest BCUT2D eigenvalue weighted by Crippen LogP contribution is -2.28. The van der Waals surface area contributed by atoms with Gasteiger partial charge in [-0.05, 0) is 35.6 Å². The number of unbranched alkanes of at least 4 members (excludes halogenated alkanes) is 1. The zero-order valence-electron chi connectivity index (χ0n) is 15.8. The number of aromatic nitrogens is 2. The Balaban J connectivity index is 2.13. The molecule has 2 aromatic rings. The van der Waals surface area contributed by atoms with Gasteiger partial charge in [-0.15, -0.1) is 10.2 Å². The molecule has 0 aliphatic carbocycles. The molecule has 134 valence electrons. The van der Waals surface area contributed by atoms with Crippen LogP contribution in [0.25, 0.3) is 0 Å². The van der Waals surface area contributed by atoms with Crippen LogP contribution < -0.4 is 5.32 Å². The third-order valence-electron chi connectivity index (χ3n) is 4.08. The van der Waals surface area contributed by atoms with Gasteiger partial charge in [0.2, 0.25) is 0 Å². The third-order valence-corrected chi connectivity index (χ3v) is 4.08. The van der Waals surface area contributed by atoms with Crippen LogP contribution in [-0.2, 0) is 5.41 Å². The van der Waals surface area contributed by atoms with Crippen molar-refractivity contribution < 1.29 is 4.79 Å². The summed E-state index contributed by atoms with van der Waals surface area (Å²) in [5, 5.41) is 11.6. The summed E-state index contributed by atoms with van der Waals surface area (Å²) >= 11 is 0. The van der Waals surface area contributed by atoms with Crippen molar-refractivity contribution in [3.05, 3.63) is 47.7 Å². The smallest absolute Gasteiger partial charge is 0.274 e. The summed E-state index contributed by atoms with van der Waals surface area (Å²) in [6.07, 6.45) is 2.04. The predicted molar refractivity (Wildman–Crippen MR) is 102 cm³/mol. The Hall–Kier alpha value is -2.43. The van der Waals surface area contributed by atoms with Crippen molar-refractivity contribution in [2.75, 3.05) is 18.9 Å². The molecular weight excluding hydrogens is 312 g/mol. The second-order valence-corrected chi connectivity index (χ2v) is 7.30. The number of carbonyl (C=O) groups is 1. The highest BCUT2D eigenvalue weighted by Gasteiger charge is 2.18. The van der Waals surface area contributed by atoms with Crippen molar-refractivity contribution >= 4 is 17.4 Å². The molecule has 1 aromatic heterocycles. The van der Waals surface area contributed by atoms with Crippen molar-refractivity contribution in [2.45, 2.75) is 46.0 Å². The summed E-state index contributed by atoms with van der Waals surface area (Å²) in [6, 6.07) is 11.7. The van der Waals surface area contributed by atoms with E-state index in [-0.39, 0.29) is 11.3 Å². The van der Waals surface area contributed by atoms with E-state index in [2.05, 4.69) is 49.3 Å². The molecule has 1 N–H and O–H groups in total. The van der Waals surface area contributed by atoms with Gasteiger partial charge in [0, 0.05) is 19.3 Å². The Morgan fingerprint density at radius 3 is 2.44 bits per heavy atom. The molecule has 5 heteroatoms. The minimum atomic E-state index is -0.0948. The maximum Gasteiger partial charge on any atom is 0.274 e. The molecule has 1 heterocycles. The second kappa shape index (κ2) is 8.10. The fourth-order valence-corrected chi connectivity index (χ4v) is 2.59.